The summed E-state index contributed by atoms with van der Waals surface area (Å²) in [5.74, 6) is -1.22. The molecule has 8 nitrogen and oxygen atoms in total. The fraction of sp³-hybridized carbons (Fsp3) is 0.583. The van der Waals surface area contributed by atoms with E-state index in [2.05, 4.69) is 9.71 Å². The van der Waals surface area contributed by atoms with Crippen LogP contribution in [0.15, 0.2) is 6.07 Å². The molecule has 1 saturated heterocycles. The Morgan fingerprint density at radius 3 is 2.52 bits per heavy atom. The van der Waals surface area contributed by atoms with Gasteiger partial charge < -0.3 is 14.8 Å². The van der Waals surface area contributed by atoms with E-state index in [4.69, 9.17) is 9.84 Å². The molecule has 0 aromatic carbocycles. The van der Waals surface area contributed by atoms with Crippen molar-refractivity contribution in [1.82, 2.24) is 9.29 Å². The summed E-state index contributed by atoms with van der Waals surface area (Å²) in [5, 5.41) is 9.07. The van der Waals surface area contributed by atoms with E-state index in [0.717, 1.165) is 0 Å². The van der Waals surface area contributed by atoms with Crippen LogP contribution in [-0.2, 0) is 14.9 Å². The second-order valence-corrected chi connectivity index (χ2v) is 6.90. The quantitative estimate of drug-likeness (QED) is 0.760. The van der Waals surface area contributed by atoms with Crippen LogP contribution in [0.4, 0.5) is 5.69 Å². The standard InChI is InChI=1S/C12H19N3O5S/c1-7-4-10(11(13-7)12(16)17)14-21(18,19)15-5-8(2)20-9(3)6-15/h4,8-9,13-14H,5-6H2,1-3H3,(H,16,17). The number of aromatic carboxylic acids is 1. The van der Waals surface area contributed by atoms with Crippen LogP contribution in [-0.4, -0.2) is 54.1 Å². The zero-order valence-electron chi connectivity index (χ0n) is 12.1. The predicted molar refractivity (Wildman–Crippen MR) is 76.6 cm³/mol. The molecule has 0 spiro atoms. The largest absolute Gasteiger partial charge is 0.477 e. The van der Waals surface area contributed by atoms with Crippen molar-refractivity contribution in [3.05, 3.63) is 17.5 Å². The molecule has 21 heavy (non-hydrogen) atoms. The van der Waals surface area contributed by atoms with Gasteiger partial charge >= 0.3 is 16.2 Å². The molecule has 2 rings (SSSR count). The number of carbonyl (C=O) groups is 1. The average Bonchev–Trinajstić information content (AvgIpc) is 2.68. The number of morpholine rings is 1. The van der Waals surface area contributed by atoms with Gasteiger partial charge in [-0.25, -0.2) is 4.79 Å². The van der Waals surface area contributed by atoms with Crippen molar-refractivity contribution in [3.63, 3.8) is 0 Å². The Labute approximate surface area is 123 Å². The molecule has 0 radical (unpaired) electrons. The normalized spacial score (nSPS) is 24.0. The maximum absolute atomic E-state index is 12.4. The summed E-state index contributed by atoms with van der Waals surface area (Å²) in [6.45, 7) is 5.70. The maximum Gasteiger partial charge on any atom is 0.354 e. The van der Waals surface area contributed by atoms with Crippen LogP contribution in [0.2, 0.25) is 0 Å². The number of H-pyrrole nitrogens is 1. The maximum atomic E-state index is 12.4. The molecule has 2 unspecified atom stereocenters. The molecule has 0 aliphatic carbocycles. The van der Waals surface area contributed by atoms with Crippen LogP contribution in [0, 0.1) is 6.92 Å². The number of anilines is 1. The number of aryl methyl sites for hydroxylation is 1. The Hall–Kier alpha value is -1.58. The highest BCUT2D eigenvalue weighted by Gasteiger charge is 2.32. The van der Waals surface area contributed by atoms with E-state index in [0.29, 0.717) is 5.69 Å². The minimum atomic E-state index is -3.82. The second-order valence-electron chi connectivity index (χ2n) is 5.23. The first-order chi connectivity index (χ1) is 9.69. The molecule has 1 aliphatic heterocycles. The lowest BCUT2D eigenvalue weighted by molar-refractivity contribution is -0.0439. The summed E-state index contributed by atoms with van der Waals surface area (Å²) in [7, 11) is -3.82. The molecule has 1 aromatic heterocycles. The van der Waals surface area contributed by atoms with Crippen molar-refractivity contribution in [3.8, 4) is 0 Å². The van der Waals surface area contributed by atoms with E-state index in [-0.39, 0.29) is 36.7 Å². The van der Waals surface area contributed by atoms with E-state index >= 15 is 0 Å². The number of aromatic amines is 1. The molecule has 2 atom stereocenters. The van der Waals surface area contributed by atoms with E-state index < -0.39 is 16.2 Å². The summed E-state index contributed by atoms with van der Waals surface area (Å²) in [5.41, 5.74) is 0.422. The molecule has 1 aliphatic rings. The van der Waals surface area contributed by atoms with Crippen molar-refractivity contribution in [2.24, 2.45) is 0 Å². The molecule has 118 valence electrons. The Morgan fingerprint density at radius 2 is 2.00 bits per heavy atom. The summed E-state index contributed by atoms with van der Waals surface area (Å²) in [6.07, 6.45) is -0.422. The number of hydrogen-bond acceptors (Lipinski definition) is 4. The Kier molecular flexibility index (Phi) is 4.26. The van der Waals surface area contributed by atoms with Crippen molar-refractivity contribution in [2.75, 3.05) is 17.8 Å². The van der Waals surface area contributed by atoms with E-state index in [1.165, 1.54) is 10.4 Å². The fourth-order valence-corrected chi connectivity index (χ4v) is 3.75. The lowest BCUT2D eigenvalue weighted by atomic mass is 10.3. The molecule has 1 fully saturated rings. The lowest BCUT2D eigenvalue weighted by Gasteiger charge is -2.34. The first-order valence-corrected chi connectivity index (χ1v) is 7.99. The van der Waals surface area contributed by atoms with Crippen LogP contribution in [0.5, 0.6) is 0 Å². The zero-order valence-corrected chi connectivity index (χ0v) is 12.9. The summed E-state index contributed by atoms with van der Waals surface area (Å²) < 4.78 is 33.9. The topological polar surface area (TPSA) is 112 Å². The number of ether oxygens (including phenoxy) is 1. The van der Waals surface area contributed by atoms with Gasteiger partial charge in [0.15, 0.2) is 0 Å². The zero-order chi connectivity index (χ0) is 15.8. The van der Waals surface area contributed by atoms with E-state index in [1.54, 1.807) is 20.8 Å². The van der Waals surface area contributed by atoms with Gasteiger partial charge in [-0.1, -0.05) is 0 Å². The molecule has 0 bridgehead atoms. The highest BCUT2D eigenvalue weighted by atomic mass is 32.2. The summed E-state index contributed by atoms with van der Waals surface area (Å²) >= 11 is 0. The van der Waals surface area contributed by atoms with Crippen LogP contribution >= 0.6 is 0 Å². The van der Waals surface area contributed by atoms with Crippen molar-refractivity contribution in [2.45, 2.75) is 33.0 Å². The Balaban J connectivity index is 2.23. The van der Waals surface area contributed by atoms with Crippen LogP contribution in [0.1, 0.15) is 30.0 Å². The Bertz CT molecular complexity index is 629. The SMILES string of the molecule is Cc1cc(NS(=O)(=O)N2CC(C)OC(C)C2)c(C(=O)O)[nH]1. The van der Waals surface area contributed by atoms with Gasteiger partial charge in [0.2, 0.25) is 0 Å². The molecular weight excluding hydrogens is 298 g/mol. The third-order valence-electron chi connectivity index (χ3n) is 3.13. The first kappa shape index (κ1) is 15.8. The lowest BCUT2D eigenvalue weighted by Crippen LogP contribution is -2.50. The molecule has 1 aromatic rings. The average molecular weight is 317 g/mol. The van der Waals surface area contributed by atoms with Crippen molar-refractivity contribution < 1.29 is 23.1 Å². The van der Waals surface area contributed by atoms with Gasteiger partial charge in [-0.3, -0.25) is 4.72 Å². The number of rotatable bonds is 4. The van der Waals surface area contributed by atoms with Gasteiger partial charge in [0.1, 0.15) is 5.69 Å². The molecule has 0 saturated carbocycles. The first-order valence-electron chi connectivity index (χ1n) is 6.55. The summed E-state index contributed by atoms with van der Waals surface area (Å²) in [6, 6.07) is 1.45. The minimum Gasteiger partial charge on any atom is -0.477 e. The minimum absolute atomic E-state index is 0.0341. The summed E-state index contributed by atoms with van der Waals surface area (Å²) in [4.78, 5) is 13.7. The van der Waals surface area contributed by atoms with Crippen LogP contribution in [0.25, 0.3) is 0 Å². The van der Waals surface area contributed by atoms with Crippen molar-refractivity contribution >= 4 is 21.9 Å². The fourth-order valence-electron chi connectivity index (χ4n) is 2.37. The molecule has 3 N–H and O–H groups in total. The van der Waals surface area contributed by atoms with Gasteiger partial charge in [-0.05, 0) is 26.8 Å². The monoisotopic (exact) mass is 317 g/mol. The number of nitrogens with one attached hydrogen (secondary N) is 2. The van der Waals surface area contributed by atoms with Gasteiger partial charge in [-0.2, -0.15) is 12.7 Å². The number of nitrogens with zero attached hydrogens (tertiary/aromatic N) is 1. The Morgan fingerprint density at radius 1 is 1.43 bits per heavy atom. The predicted octanol–water partition coefficient (Wildman–Crippen LogP) is 0.787. The van der Waals surface area contributed by atoms with Gasteiger partial charge in [-0.15, -0.1) is 0 Å². The molecule has 0 amide bonds. The van der Waals surface area contributed by atoms with E-state index in [9.17, 15) is 13.2 Å². The molecule has 9 heteroatoms. The van der Waals surface area contributed by atoms with Crippen LogP contribution in [0.3, 0.4) is 0 Å². The molecule has 2 heterocycles. The van der Waals surface area contributed by atoms with Gasteiger partial charge in [0.05, 0.1) is 17.9 Å². The number of carboxylic acids is 1. The highest BCUT2D eigenvalue weighted by Crippen LogP contribution is 2.21. The second kappa shape index (κ2) is 5.66. The number of carboxylic acid groups (broad SMARTS) is 1. The third kappa shape index (κ3) is 3.55. The third-order valence-corrected chi connectivity index (χ3v) is 4.59. The number of hydrogen-bond donors (Lipinski definition) is 3. The van der Waals surface area contributed by atoms with E-state index in [1.807, 2.05) is 0 Å². The highest BCUT2D eigenvalue weighted by molar-refractivity contribution is 7.90. The van der Waals surface area contributed by atoms with Crippen molar-refractivity contribution in [1.29, 1.82) is 0 Å². The number of aromatic nitrogens is 1. The van der Waals surface area contributed by atoms with Gasteiger partial charge in [0, 0.05) is 18.8 Å². The molecular formula is C12H19N3O5S. The smallest absolute Gasteiger partial charge is 0.354 e. The van der Waals surface area contributed by atoms with Crippen LogP contribution < -0.4 is 4.72 Å². The van der Waals surface area contributed by atoms with Gasteiger partial charge in [0.25, 0.3) is 0 Å².